The van der Waals surface area contributed by atoms with Crippen LogP contribution < -0.4 is 0 Å². The van der Waals surface area contributed by atoms with Gasteiger partial charge < -0.3 is 9.47 Å². The molecule has 0 fully saturated rings. The van der Waals surface area contributed by atoms with Gasteiger partial charge in [-0.3, -0.25) is 9.59 Å². The minimum atomic E-state index is -0.373. The Morgan fingerprint density at radius 3 is 2.83 bits per heavy atom. The van der Waals surface area contributed by atoms with E-state index in [2.05, 4.69) is 22.5 Å². The number of benzene rings is 1. The van der Waals surface area contributed by atoms with Crippen molar-refractivity contribution in [1.82, 2.24) is 9.47 Å². The third kappa shape index (κ3) is 2.63. The summed E-state index contributed by atoms with van der Waals surface area (Å²) < 4.78 is 1.84. The summed E-state index contributed by atoms with van der Waals surface area (Å²) in [5.41, 5.74) is 1.95. The van der Waals surface area contributed by atoms with Crippen molar-refractivity contribution in [2.75, 3.05) is 13.1 Å². The number of hydrogen-bond donors (Lipinski definition) is 0. The normalized spacial score (nSPS) is 18.2. The molecule has 1 aliphatic heterocycles. The summed E-state index contributed by atoms with van der Waals surface area (Å²) in [6.07, 6.45) is 3.55. The molecule has 3 rings (SSSR count). The van der Waals surface area contributed by atoms with E-state index in [9.17, 15) is 9.59 Å². The minimum Gasteiger partial charge on any atom is -0.339 e. The number of Topliss-reactive ketones (excluding diaryl/α,β-unsaturated/α-hetero) is 1. The quantitative estimate of drug-likeness (QED) is 0.466. The molecule has 0 N–H and O–H groups in total. The lowest BCUT2D eigenvalue weighted by atomic mass is 10.1. The Hall–Kier alpha value is -1.88. The van der Waals surface area contributed by atoms with Crippen LogP contribution >= 0.6 is 15.9 Å². The van der Waals surface area contributed by atoms with Gasteiger partial charge >= 0.3 is 0 Å². The number of para-hydroxylation sites is 1. The molecular weight excluding hydrogens is 356 g/mol. The van der Waals surface area contributed by atoms with Crippen LogP contribution in [0.3, 0.4) is 0 Å². The third-order valence-electron chi connectivity index (χ3n) is 4.34. The molecule has 1 atom stereocenters. The SMILES string of the molecule is C=CCCCN1CC(Br)C(=O)c2c(n(C)c3ccccc23)C1=O. The van der Waals surface area contributed by atoms with Crippen molar-refractivity contribution >= 4 is 38.5 Å². The summed E-state index contributed by atoms with van der Waals surface area (Å²) in [5.74, 6) is -0.0885. The van der Waals surface area contributed by atoms with E-state index in [-0.39, 0.29) is 16.5 Å². The van der Waals surface area contributed by atoms with Gasteiger partial charge in [0.2, 0.25) is 0 Å². The molecule has 4 nitrogen and oxygen atoms in total. The second kappa shape index (κ2) is 6.32. The van der Waals surface area contributed by atoms with Crippen molar-refractivity contribution in [3.05, 3.63) is 48.2 Å². The van der Waals surface area contributed by atoms with Crippen LogP contribution in [0.15, 0.2) is 36.9 Å². The highest BCUT2D eigenvalue weighted by atomic mass is 79.9. The Balaban J connectivity index is 2.13. The maximum absolute atomic E-state index is 13.0. The molecule has 1 aromatic carbocycles. The fourth-order valence-electron chi connectivity index (χ4n) is 3.18. The summed E-state index contributed by atoms with van der Waals surface area (Å²) in [4.78, 5) is 27.2. The van der Waals surface area contributed by atoms with E-state index < -0.39 is 0 Å². The minimum absolute atomic E-state index is 0.0172. The fraction of sp³-hybridized carbons (Fsp3) is 0.333. The highest BCUT2D eigenvalue weighted by molar-refractivity contribution is 9.10. The average Bonchev–Trinajstić information content (AvgIpc) is 2.81. The van der Waals surface area contributed by atoms with Gasteiger partial charge in [0.15, 0.2) is 5.78 Å². The molecule has 0 spiro atoms. The van der Waals surface area contributed by atoms with Crippen molar-refractivity contribution in [3.63, 3.8) is 0 Å². The van der Waals surface area contributed by atoms with E-state index in [1.54, 1.807) is 4.90 Å². The summed E-state index contributed by atoms with van der Waals surface area (Å²) in [6, 6.07) is 7.67. The number of aromatic nitrogens is 1. The van der Waals surface area contributed by atoms with Crippen LogP contribution in [0, 0.1) is 0 Å². The first-order valence-corrected chi connectivity index (χ1v) is 8.63. The molecule has 1 unspecified atom stereocenters. The molecule has 2 aromatic rings. The van der Waals surface area contributed by atoms with Crippen molar-refractivity contribution in [2.24, 2.45) is 7.05 Å². The lowest BCUT2D eigenvalue weighted by Crippen LogP contribution is -2.36. The molecule has 2 heterocycles. The monoisotopic (exact) mass is 374 g/mol. The first-order chi connectivity index (χ1) is 11.1. The van der Waals surface area contributed by atoms with E-state index in [4.69, 9.17) is 0 Å². The maximum Gasteiger partial charge on any atom is 0.271 e. The van der Waals surface area contributed by atoms with Gasteiger partial charge in [-0.2, -0.15) is 0 Å². The number of alkyl halides is 1. The largest absolute Gasteiger partial charge is 0.339 e. The Morgan fingerprint density at radius 2 is 2.09 bits per heavy atom. The number of ketones is 1. The van der Waals surface area contributed by atoms with E-state index in [0.29, 0.717) is 24.3 Å². The van der Waals surface area contributed by atoms with Gasteiger partial charge in [-0.05, 0) is 18.9 Å². The number of carbonyl (C=O) groups is 2. The molecule has 1 amide bonds. The second-order valence-electron chi connectivity index (χ2n) is 5.81. The van der Waals surface area contributed by atoms with E-state index in [1.807, 2.05) is 42.0 Å². The first-order valence-electron chi connectivity index (χ1n) is 7.72. The Kier molecular flexibility index (Phi) is 4.39. The Bertz CT molecular complexity index is 794. The van der Waals surface area contributed by atoms with E-state index in [0.717, 1.165) is 23.7 Å². The predicted molar refractivity (Wildman–Crippen MR) is 95.3 cm³/mol. The second-order valence-corrected chi connectivity index (χ2v) is 6.92. The van der Waals surface area contributed by atoms with E-state index >= 15 is 0 Å². The smallest absolute Gasteiger partial charge is 0.271 e. The van der Waals surface area contributed by atoms with Crippen LogP contribution in [0.1, 0.15) is 33.7 Å². The predicted octanol–water partition coefficient (Wildman–Crippen LogP) is 3.55. The zero-order valence-electron chi connectivity index (χ0n) is 13.1. The van der Waals surface area contributed by atoms with Crippen LogP contribution in [-0.4, -0.2) is 39.1 Å². The molecule has 0 saturated heterocycles. The van der Waals surface area contributed by atoms with Crippen LogP contribution in [0.2, 0.25) is 0 Å². The maximum atomic E-state index is 13.0. The molecule has 0 aliphatic carbocycles. The van der Waals surface area contributed by atoms with Crippen LogP contribution in [-0.2, 0) is 7.05 Å². The Morgan fingerprint density at radius 1 is 1.35 bits per heavy atom. The van der Waals surface area contributed by atoms with Crippen molar-refractivity contribution in [3.8, 4) is 0 Å². The van der Waals surface area contributed by atoms with Crippen LogP contribution in [0.4, 0.5) is 0 Å². The van der Waals surface area contributed by atoms with Crippen molar-refractivity contribution < 1.29 is 9.59 Å². The lowest BCUT2D eigenvalue weighted by Gasteiger charge is -2.22. The molecule has 0 saturated carbocycles. The number of aryl methyl sites for hydroxylation is 1. The number of nitrogens with zero attached hydrogens (tertiary/aromatic N) is 2. The first kappa shape index (κ1) is 16.0. The summed E-state index contributed by atoms with van der Waals surface area (Å²) in [7, 11) is 1.85. The summed E-state index contributed by atoms with van der Waals surface area (Å²) in [5, 5.41) is 0.848. The summed E-state index contributed by atoms with van der Waals surface area (Å²) >= 11 is 3.47. The number of unbranched alkanes of at least 4 members (excludes halogenated alkanes) is 1. The standard InChI is InChI=1S/C18H19BrN2O2/c1-3-4-7-10-21-11-13(19)17(22)15-12-8-5-6-9-14(12)20(2)16(15)18(21)23/h3,5-6,8-9,13H,1,4,7,10-11H2,2H3. The van der Waals surface area contributed by atoms with Gasteiger partial charge in [-0.25, -0.2) is 0 Å². The highest BCUT2D eigenvalue weighted by Gasteiger charge is 2.36. The molecule has 120 valence electrons. The highest BCUT2D eigenvalue weighted by Crippen LogP contribution is 2.31. The van der Waals surface area contributed by atoms with Crippen LogP contribution in [0.5, 0.6) is 0 Å². The van der Waals surface area contributed by atoms with Gasteiger partial charge in [0.05, 0.1) is 10.4 Å². The van der Waals surface area contributed by atoms with Gasteiger partial charge in [-0.1, -0.05) is 40.2 Å². The topological polar surface area (TPSA) is 42.3 Å². The average molecular weight is 375 g/mol. The van der Waals surface area contributed by atoms with Gasteiger partial charge in [-0.15, -0.1) is 6.58 Å². The summed E-state index contributed by atoms with van der Waals surface area (Å²) in [6.45, 7) is 4.74. The van der Waals surface area contributed by atoms with Gasteiger partial charge in [0.25, 0.3) is 5.91 Å². The zero-order valence-corrected chi connectivity index (χ0v) is 14.7. The molecule has 0 radical (unpaired) electrons. The number of rotatable bonds is 4. The zero-order chi connectivity index (χ0) is 16.6. The number of halogens is 1. The van der Waals surface area contributed by atoms with Crippen molar-refractivity contribution in [2.45, 2.75) is 17.7 Å². The van der Waals surface area contributed by atoms with E-state index in [1.165, 1.54) is 0 Å². The van der Waals surface area contributed by atoms with Gasteiger partial charge in [0.1, 0.15) is 5.69 Å². The third-order valence-corrected chi connectivity index (χ3v) is 5.05. The molecule has 23 heavy (non-hydrogen) atoms. The molecule has 0 bridgehead atoms. The van der Waals surface area contributed by atoms with Gasteiger partial charge in [0, 0.05) is 31.0 Å². The molecule has 1 aliphatic rings. The Labute approximate surface area is 143 Å². The van der Waals surface area contributed by atoms with Crippen molar-refractivity contribution in [1.29, 1.82) is 0 Å². The molecule has 5 heteroatoms. The number of fused-ring (bicyclic) bond motifs is 3. The molecular formula is C18H19BrN2O2. The number of amides is 1. The van der Waals surface area contributed by atoms with Crippen LogP contribution in [0.25, 0.3) is 10.9 Å². The number of allylic oxidation sites excluding steroid dienone is 1. The number of hydrogen-bond acceptors (Lipinski definition) is 2. The lowest BCUT2D eigenvalue weighted by molar-refractivity contribution is 0.0751. The number of carbonyl (C=O) groups excluding carboxylic acids is 2. The molecule has 1 aromatic heterocycles. The fourth-order valence-corrected chi connectivity index (χ4v) is 3.76.